The molecule has 4 nitrogen and oxygen atoms in total. The number of hydrogen-bond acceptors (Lipinski definition) is 4. The highest BCUT2D eigenvalue weighted by molar-refractivity contribution is 5.89. The Morgan fingerprint density at radius 1 is 1.42 bits per heavy atom. The van der Waals surface area contributed by atoms with E-state index in [0.717, 1.165) is 24.3 Å². The van der Waals surface area contributed by atoms with Gasteiger partial charge in [-0.1, -0.05) is 6.58 Å². The molecule has 0 spiro atoms. The molecule has 19 heavy (non-hydrogen) atoms. The first-order valence-corrected chi connectivity index (χ1v) is 6.33. The van der Waals surface area contributed by atoms with E-state index < -0.39 is 0 Å². The quantitative estimate of drug-likeness (QED) is 0.824. The highest BCUT2D eigenvalue weighted by Crippen LogP contribution is 2.36. The number of ketones is 1. The molecule has 0 radical (unpaired) electrons. The summed E-state index contributed by atoms with van der Waals surface area (Å²) in [4.78, 5) is 11.6. The average Bonchev–Trinajstić information content (AvgIpc) is 2.45. The summed E-state index contributed by atoms with van der Waals surface area (Å²) in [5.41, 5.74) is 2.32. The van der Waals surface area contributed by atoms with Crippen LogP contribution in [0.25, 0.3) is 0 Å². The van der Waals surface area contributed by atoms with E-state index in [2.05, 4.69) is 11.9 Å². The van der Waals surface area contributed by atoms with Crippen molar-refractivity contribution >= 4 is 5.78 Å². The van der Waals surface area contributed by atoms with Crippen LogP contribution in [0.2, 0.25) is 0 Å². The minimum atomic E-state index is 0.0223. The van der Waals surface area contributed by atoms with Gasteiger partial charge in [-0.3, -0.25) is 4.79 Å². The standard InChI is InChI=1S/C15H19NO3/c1-4-11(17)8-13-12-9-15(19-3)14(18-2)7-10(12)5-6-16-13/h4,7,9,13,16H,1,5-6,8H2,2-3H3/t13-/m0/s1. The second-order valence-electron chi connectivity index (χ2n) is 4.54. The minimum absolute atomic E-state index is 0.0223. The smallest absolute Gasteiger partial charge is 0.161 e. The molecule has 2 rings (SSSR count). The maximum absolute atomic E-state index is 11.6. The SMILES string of the molecule is C=CC(=O)C[C@@H]1NCCc2cc(OC)c(OC)cc21. The first kappa shape index (κ1) is 13.6. The molecule has 4 heteroatoms. The normalized spacial score (nSPS) is 17.5. The van der Waals surface area contributed by atoms with E-state index >= 15 is 0 Å². The third kappa shape index (κ3) is 2.79. The van der Waals surface area contributed by atoms with Gasteiger partial charge < -0.3 is 14.8 Å². The number of carbonyl (C=O) groups excluding carboxylic acids is 1. The molecule has 0 fully saturated rings. The second kappa shape index (κ2) is 5.89. The van der Waals surface area contributed by atoms with Crippen molar-refractivity contribution in [3.8, 4) is 11.5 Å². The summed E-state index contributed by atoms with van der Waals surface area (Å²) in [6.45, 7) is 4.38. The van der Waals surface area contributed by atoms with Crippen LogP contribution in [-0.4, -0.2) is 26.5 Å². The number of nitrogens with one attached hydrogen (secondary N) is 1. The molecule has 1 aromatic rings. The fourth-order valence-electron chi connectivity index (χ4n) is 2.44. The lowest BCUT2D eigenvalue weighted by molar-refractivity contribution is -0.115. The number of ether oxygens (including phenoxy) is 2. The zero-order chi connectivity index (χ0) is 13.8. The van der Waals surface area contributed by atoms with Gasteiger partial charge in [-0.15, -0.1) is 0 Å². The van der Waals surface area contributed by atoms with Gasteiger partial charge in [0.15, 0.2) is 17.3 Å². The number of fused-ring (bicyclic) bond motifs is 1. The molecule has 0 saturated heterocycles. The van der Waals surface area contributed by atoms with Crippen molar-refractivity contribution in [3.05, 3.63) is 35.9 Å². The number of methoxy groups -OCH3 is 2. The van der Waals surface area contributed by atoms with Gasteiger partial charge in [-0.25, -0.2) is 0 Å². The maximum atomic E-state index is 11.6. The number of benzene rings is 1. The topological polar surface area (TPSA) is 47.6 Å². The van der Waals surface area contributed by atoms with Crippen molar-refractivity contribution in [1.82, 2.24) is 5.32 Å². The third-order valence-corrected chi connectivity index (χ3v) is 3.44. The molecule has 1 aliphatic heterocycles. The second-order valence-corrected chi connectivity index (χ2v) is 4.54. The lowest BCUT2D eigenvalue weighted by atomic mass is 9.91. The van der Waals surface area contributed by atoms with Gasteiger partial charge in [0.25, 0.3) is 0 Å². The van der Waals surface area contributed by atoms with Gasteiger partial charge in [0, 0.05) is 12.5 Å². The van der Waals surface area contributed by atoms with Crippen molar-refractivity contribution < 1.29 is 14.3 Å². The van der Waals surface area contributed by atoms with E-state index in [1.165, 1.54) is 11.6 Å². The molecule has 1 aliphatic rings. The number of allylic oxidation sites excluding steroid dienone is 1. The summed E-state index contributed by atoms with van der Waals surface area (Å²) < 4.78 is 10.6. The summed E-state index contributed by atoms with van der Waals surface area (Å²) in [6.07, 6.45) is 2.72. The number of carbonyl (C=O) groups is 1. The Kier molecular flexibility index (Phi) is 4.22. The molecule has 1 atom stereocenters. The van der Waals surface area contributed by atoms with E-state index in [1.54, 1.807) is 14.2 Å². The van der Waals surface area contributed by atoms with Crippen LogP contribution < -0.4 is 14.8 Å². The fraction of sp³-hybridized carbons (Fsp3) is 0.400. The van der Waals surface area contributed by atoms with Crippen LogP contribution in [0.4, 0.5) is 0 Å². The Bertz CT molecular complexity index is 496. The summed E-state index contributed by atoms with van der Waals surface area (Å²) in [6, 6.07) is 3.98. The Morgan fingerprint density at radius 3 is 2.74 bits per heavy atom. The van der Waals surface area contributed by atoms with E-state index in [0.29, 0.717) is 12.2 Å². The van der Waals surface area contributed by atoms with Gasteiger partial charge in [0.1, 0.15) is 0 Å². The first-order valence-electron chi connectivity index (χ1n) is 6.33. The van der Waals surface area contributed by atoms with E-state index in [9.17, 15) is 4.79 Å². The van der Waals surface area contributed by atoms with Gasteiger partial charge in [0.2, 0.25) is 0 Å². The Labute approximate surface area is 113 Å². The van der Waals surface area contributed by atoms with Crippen molar-refractivity contribution in [2.24, 2.45) is 0 Å². The summed E-state index contributed by atoms with van der Waals surface area (Å²) in [7, 11) is 3.24. The molecule has 1 heterocycles. The van der Waals surface area contributed by atoms with Gasteiger partial charge >= 0.3 is 0 Å². The van der Waals surface area contributed by atoms with Gasteiger partial charge in [-0.2, -0.15) is 0 Å². The Hall–Kier alpha value is -1.81. The van der Waals surface area contributed by atoms with Crippen LogP contribution in [0.15, 0.2) is 24.8 Å². The molecular formula is C15H19NO3. The van der Waals surface area contributed by atoms with E-state index in [1.807, 2.05) is 12.1 Å². The Balaban J connectivity index is 2.37. The highest BCUT2D eigenvalue weighted by atomic mass is 16.5. The molecule has 0 unspecified atom stereocenters. The number of hydrogen-bond donors (Lipinski definition) is 1. The Morgan fingerprint density at radius 2 is 2.11 bits per heavy atom. The van der Waals surface area contributed by atoms with Crippen molar-refractivity contribution in [2.75, 3.05) is 20.8 Å². The minimum Gasteiger partial charge on any atom is -0.493 e. The third-order valence-electron chi connectivity index (χ3n) is 3.44. The monoisotopic (exact) mass is 261 g/mol. The van der Waals surface area contributed by atoms with Crippen LogP contribution >= 0.6 is 0 Å². The van der Waals surface area contributed by atoms with Crippen LogP contribution in [0.3, 0.4) is 0 Å². The average molecular weight is 261 g/mol. The molecule has 1 aromatic carbocycles. The molecule has 0 aliphatic carbocycles. The van der Waals surface area contributed by atoms with Gasteiger partial charge in [0.05, 0.1) is 14.2 Å². The number of rotatable bonds is 5. The lowest BCUT2D eigenvalue weighted by Crippen LogP contribution is -2.31. The van der Waals surface area contributed by atoms with Crippen molar-refractivity contribution in [1.29, 1.82) is 0 Å². The lowest BCUT2D eigenvalue weighted by Gasteiger charge is -2.27. The molecule has 0 amide bonds. The molecule has 1 N–H and O–H groups in total. The zero-order valence-corrected chi connectivity index (χ0v) is 11.4. The molecule has 102 valence electrons. The fourth-order valence-corrected chi connectivity index (χ4v) is 2.44. The van der Waals surface area contributed by atoms with E-state index in [-0.39, 0.29) is 11.8 Å². The predicted molar refractivity (Wildman–Crippen MR) is 73.8 cm³/mol. The molecule has 0 bridgehead atoms. The molecule has 0 saturated carbocycles. The summed E-state index contributed by atoms with van der Waals surface area (Å²) in [5.74, 6) is 1.47. The molecular weight excluding hydrogens is 242 g/mol. The maximum Gasteiger partial charge on any atom is 0.161 e. The predicted octanol–water partition coefficient (Wildman–Crippen LogP) is 2.04. The van der Waals surface area contributed by atoms with E-state index in [4.69, 9.17) is 9.47 Å². The van der Waals surface area contributed by atoms with Gasteiger partial charge in [-0.05, 0) is 42.3 Å². The zero-order valence-electron chi connectivity index (χ0n) is 11.4. The first-order chi connectivity index (χ1) is 9.19. The summed E-state index contributed by atoms with van der Waals surface area (Å²) >= 11 is 0. The van der Waals surface area contributed by atoms with Crippen LogP contribution in [0, 0.1) is 0 Å². The van der Waals surface area contributed by atoms with Crippen molar-refractivity contribution in [3.63, 3.8) is 0 Å². The highest BCUT2D eigenvalue weighted by Gasteiger charge is 2.23. The summed E-state index contributed by atoms with van der Waals surface area (Å²) in [5, 5.41) is 3.36. The largest absolute Gasteiger partial charge is 0.493 e. The van der Waals surface area contributed by atoms with Crippen LogP contribution in [0.5, 0.6) is 11.5 Å². The van der Waals surface area contributed by atoms with Crippen LogP contribution in [0.1, 0.15) is 23.6 Å². The van der Waals surface area contributed by atoms with Crippen LogP contribution in [-0.2, 0) is 11.2 Å². The molecule has 0 aromatic heterocycles. The van der Waals surface area contributed by atoms with Crippen molar-refractivity contribution in [2.45, 2.75) is 18.9 Å².